The highest BCUT2D eigenvalue weighted by atomic mass is 16.5. The summed E-state index contributed by atoms with van der Waals surface area (Å²) in [5.41, 5.74) is -0.256. The van der Waals surface area contributed by atoms with Gasteiger partial charge in [0, 0.05) is 44.1 Å². The molecular weight excluding hydrogens is 388 g/mol. The summed E-state index contributed by atoms with van der Waals surface area (Å²) in [5, 5.41) is 0. The highest BCUT2D eigenvalue weighted by Crippen LogP contribution is 2.22. The molecule has 0 unspecified atom stereocenters. The van der Waals surface area contributed by atoms with Crippen LogP contribution in [0.1, 0.15) is 16.1 Å². The van der Waals surface area contributed by atoms with E-state index in [9.17, 15) is 14.4 Å². The quantitative estimate of drug-likeness (QED) is 0.677. The fraction of sp³-hybridized carbons (Fsp3) is 0.286. The molecule has 0 atom stereocenters. The van der Waals surface area contributed by atoms with Gasteiger partial charge in [0.05, 0.1) is 19.9 Å². The minimum atomic E-state index is -0.629. The highest BCUT2D eigenvalue weighted by Gasteiger charge is 2.25. The van der Waals surface area contributed by atoms with Gasteiger partial charge in [-0.2, -0.15) is 0 Å². The molecule has 1 saturated heterocycles. The predicted octanol–water partition coefficient (Wildman–Crippen LogP) is 1.15. The Morgan fingerprint density at radius 1 is 1.13 bits per heavy atom. The first kappa shape index (κ1) is 19.6. The third-order valence-electron chi connectivity index (χ3n) is 5.17. The van der Waals surface area contributed by atoms with Crippen LogP contribution < -0.4 is 20.9 Å². The van der Waals surface area contributed by atoms with Crippen LogP contribution in [0.2, 0.25) is 0 Å². The van der Waals surface area contributed by atoms with Crippen LogP contribution in [0.15, 0.2) is 62.9 Å². The number of aromatic nitrogens is 2. The van der Waals surface area contributed by atoms with E-state index in [0.29, 0.717) is 31.9 Å². The van der Waals surface area contributed by atoms with Crippen molar-refractivity contribution in [1.82, 2.24) is 14.5 Å². The second kappa shape index (κ2) is 8.32. The first-order chi connectivity index (χ1) is 14.6. The summed E-state index contributed by atoms with van der Waals surface area (Å²) < 4.78 is 11.5. The molecule has 1 aliphatic heterocycles. The summed E-state index contributed by atoms with van der Waals surface area (Å²) in [4.78, 5) is 44.1. The Bertz CT molecular complexity index is 1140. The molecule has 1 aliphatic rings. The first-order valence-electron chi connectivity index (χ1n) is 9.60. The molecule has 0 radical (unpaired) electrons. The van der Waals surface area contributed by atoms with Gasteiger partial charge in [-0.05, 0) is 24.3 Å². The first-order valence-corrected chi connectivity index (χ1v) is 9.60. The van der Waals surface area contributed by atoms with Crippen molar-refractivity contribution in [2.45, 2.75) is 6.54 Å². The number of nitrogens with one attached hydrogen (secondary N) is 1. The number of furan rings is 1. The molecule has 1 aromatic carbocycles. The molecule has 3 aromatic rings. The molecule has 156 valence electrons. The molecule has 9 heteroatoms. The molecule has 30 heavy (non-hydrogen) atoms. The molecule has 0 saturated carbocycles. The van der Waals surface area contributed by atoms with Crippen molar-refractivity contribution in [3.05, 3.63) is 81.0 Å². The van der Waals surface area contributed by atoms with E-state index in [1.165, 1.54) is 12.5 Å². The van der Waals surface area contributed by atoms with E-state index in [-0.39, 0.29) is 12.1 Å². The van der Waals surface area contributed by atoms with Crippen LogP contribution >= 0.6 is 0 Å². The Labute approximate surface area is 172 Å². The van der Waals surface area contributed by atoms with Gasteiger partial charge >= 0.3 is 5.69 Å². The number of ether oxygens (including phenoxy) is 1. The number of methoxy groups -OCH3 is 1. The number of carbonyl (C=O) groups is 1. The number of anilines is 1. The van der Waals surface area contributed by atoms with Crippen LogP contribution in [0.4, 0.5) is 5.69 Å². The minimum Gasteiger partial charge on any atom is -0.497 e. The van der Waals surface area contributed by atoms with E-state index < -0.39 is 17.2 Å². The van der Waals surface area contributed by atoms with Crippen molar-refractivity contribution in [1.29, 1.82) is 0 Å². The lowest BCUT2D eigenvalue weighted by atomic mass is 10.2. The predicted molar refractivity (Wildman–Crippen MR) is 110 cm³/mol. The van der Waals surface area contributed by atoms with Crippen molar-refractivity contribution < 1.29 is 13.9 Å². The molecule has 9 nitrogen and oxygen atoms in total. The van der Waals surface area contributed by atoms with Crippen molar-refractivity contribution in [2.24, 2.45) is 0 Å². The van der Waals surface area contributed by atoms with Gasteiger partial charge in [0.25, 0.3) is 11.5 Å². The molecule has 1 N–H and O–H groups in total. The Morgan fingerprint density at radius 3 is 2.63 bits per heavy atom. The summed E-state index contributed by atoms with van der Waals surface area (Å²) in [6.07, 6.45) is 2.66. The van der Waals surface area contributed by atoms with E-state index in [4.69, 9.17) is 9.15 Å². The maximum absolute atomic E-state index is 13.0. The average molecular weight is 410 g/mol. The highest BCUT2D eigenvalue weighted by molar-refractivity contribution is 5.93. The molecular formula is C21H22N4O5. The Morgan fingerprint density at radius 2 is 1.93 bits per heavy atom. The van der Waals surface area contributed by atoms with Gasteiger partial charge in [-0.3, -0.25) is 14.2 Å². The van der Waals surface area contributed by atoms with Crippen LogP contribution in [-0.4, -0.2) is 53.6 Å². The number of carbonyl (C=O) groups excluding carboxylic acids is 1. The number of aromatic amines is 1. The number of piperazine rings is 1. The minimum absolute atomic E-state index is 0.0358. The smallest absolute Gasteiger partial charge is 0.328 e. The molecule has 0 spiro atoms. The standard InChI is InChI=1S/C21H22N4O5/c1-29-16-5-2-4-15(12-16)23-7-9-24(10-8-23)19(26)18-13-22-21(28)25(20(18)27)14-17-6-3-11-30-17/h2-6,11-13H,7-10,14H2,1H3,(H,22,28). The Balaban J connectivity index is 1.49. The number of hydrogen-bond donors (Lipinski definition) is 1. The lowest BCUT2D eigenvalue weighted by Gasteiger charge is -2.36. The molecule has 0 bridgehead atoms. The van der Waals surface area contributed by atoms with Gasteiger partial charge in [0.1, 0.15) is 17.1 Å². The molecule has 2 aromatic heterocycles. The lowest BCUT2D eigenvalue weighted by molar-refractivity contribution is 0.0743. The van der Waals surface area contributed by atoms with E-state index in [1.54, 1.807) is 24.1 Å². The molecule has 0 aliphatic carbocycles. The number of rotatable bonds is 5. The van der Waals surface area contributed by atoms with Crippen LogP contribution in [0.3, 0.4) is 0 Å². The number of amides is 1. The van der Waals surface area contributed by atoms with Gasteiger partial charge in [-0.15, -0.1) is 0 Å². The fourth-order valence-corrected chi connectivity index (χ4v) is 3.51. The van der Waals surface area contributed by atoms with Gasteiger partial charge in [-0.1, -0.05) is 6.07 Å². The second-order valence-corrected chi connectivity index (χ2v) is 6.96. The van der Waals surface area contributed by atoms with Crippen molar-refractivity contribution >= 4 is 11.6 Å². The van der Waals surface area contributed by atoms with Gasteiger partial charge < -0.3 is 23.9 Å². The summed E-state index contributed by atoms with van der Waals surface area (Å²) in [7, 11) is 1.62. The average Bonchev–Trinajstić information content (AvgIpc) is 3.30. The van der Waals surface area contributed by atoms with Crippen LogP contribution in [-0.2, 0) is 6.54 Å². The van der Waals surface area contributed by atoms with E-state index in [1.807, 2.05) is 24.3 Å². The normalized spacial score (nSPS) is 14.0. The zero-order chi connectivity index (χ0) is 21.1. The van der Waals surface area contributed by atoms with Crippen LogP contribution in [0.25, 0.3) is 0 Å². The van der Waals surface area contributed by atoms with Gasteiger partial charge in [0.2, 0.25) is 0 Å². The third kappa shape index (κ3) is 3.86. The zero-order valence-electron chi connectivity index (χ0n) is 16.5. The second-order valence-electron chi connectivity index (χ2n) is 6.96. The number of benzene rings is 1. The number of nitrogens with zero attached hydrogens (tertiary/aromatic N) is 3. The number of H-pyrrole nitrogens is 1. The Hall–Kier alpha value is -3.75. The van der Waals surface area contributed by atoms with Crippen molar-refractivity contribution in [2.75, 3.05) is 38.2 Å². The SMILES string of the molecule is COc1cccc(N2CCN(C(=O)c3c[nH]c(=O)n(Cc4ccco4)c3=O)CC2)c1. The summed E-state index contributed by atoms with van der Waals surface area (Å²) >= 11 is 0. The summed E-state index contributed by atoms with van der Waals surface area (Å²) in [5.74, 6) is 0.838. The maximum Gasteiger partial charge on any atom is 0.328 e. The molecule has 1 fully saturated rings. The molecule has 1 amide bonds. The zero-order valence-corrected chi connectivity index (χ0v) is 16.5. The monoisotopic (exact) mass is 410 g/mol. The Kier molecular flexibility index (Phi) is 5.42. The van der Waals surface area contributed by atoms with Crippen molar-refractivity contribution in [3.8, 4) is 5.75 Å². The summed E-state index contributed by atoms with van der Waals surface area (Å²) in [6.45, 7) is 2.15. The van der Waals surface area contributed by atoms with E-state index in [0.717, 1.165) is 16.0 Å². The van der Waals surface area contributed by atoms with E-state index >= 15 is 0 Å². The summed E-state index contributed by atoms with van der Waals surface area (Å²) in [6, 6.07) is 11.1. The van der Waals surface area contributed by atoms with Crippen LogP contribution in [0, 0.1) is 0 Å². The van der Waals surface area contributed by atoms with Crippen molar-refractivity contribution in [3.63, 3.8) is 0 Å². The number of hydrogen-bond acceptors (Lipinski definition) is 6. The van der Waals surface area contributed by atoms with E-state index in [2.05, 4.69) is 9.88 Å². The lowest BCUT2D eigenvalue weighted by Crippen LogP contribution is -2.50. The third-order valence-corrected chi connectivity index (χ3v) is 5.17. The fourth-order valence-electron chi connectivity index (χ4n) is 3.51. The van der Waals surface area contributed by atoms with Gasteiger partial charge in [0.15, 0.2) is 0 Å². The van der Waals surface area contributed by atoms with Crippen LogP contribution in [0.5, 0.6) is 5.75 Å². The maximum atomic E-state index is 13.0. The van der Waals surface area contributed by atoms with Gasteiger partial charge in [-0.25, -0.2) is 4.79 Å². The molecule has 4 rings (SSSR count). The topological polar surface area (TPSA) is 101 Å². The molecule has 3 heterocycles. The largest absolute Gasteiger partial charge is 0.497 e.